The van der Waals surface area contributed by atoms with Crippen LogP contribution in [0.15, 0.2) is 0 Å². The second-order valence-corrected chi connectivity index (χ2v) is 5.96. The molecule has 0 spiro atoms. The van der Waals surface area contributed by atoms with Gasteiger partial charge in [-0.2, -0.15) is 0 Å². The quantitative estimate of drug-likeness (QED) is 0.649. The van der Waals surface area contributed by atoms with Crippen LogP contribution in [0.3, 0.4) is 0 Å². The average molecular weight is 251 g/mol. The molecule has 0 atom stereocenters. The summed E-state index contributed by atoms with van der Waals surface area (Å²) < 4.78 is 2.14. The minimum Gasteiger partial charge on any atom is -0.249 e. The summed E-state index contributed by atoms with van der Waals surface area (Å²) in [6.07, 6.45) is 6.17. The van der Waals surface area contributed by atoms with E-state index in [4.69, 9.17) is 0 Å². The van der Waals surface area contributed by atoms with Gasteiger partial charge in [-0.1, -0.05) is 59.1 Å². The van der Waals surface area contributed by atoms with Gasteiger partial charge in [-0.3, -0.25) is 0 Å². The molecular weight excluding hydrogens is 222 g/mol. The molecule has 104 valence electrons. The van der Waals surface area contributed by atoms with Crippen LogP contribution in [-0.4, -0.2) is 15.0 Å². The highest BCUT2D eigenvalue weighted by Gasteiger charge is 2.16. The largest absolute Gasteiger partial charge is 0.249 e. The lowest BCUT2D eigenvalue weighted by Gasteiger charge is -2.12. The highest BCUT2D eigenvalue weighted by Crippen LogP contribution is 2.20. The smallest absolute Gasteiger partial charge is 0.0864 e. The van der Waals surface area contributed by atoms with E-state index in [1.807, 2.05) is 0 Å². The first-order valence-corrected chi connectivity index (χ1v) is 7.48. The summed E-state index contributed by atoms with van der Waals surface area (Å²) in [6.45, 7) is 12.2. The summed E-state index contributed by atoms with van der Waals surface area (Å²) >= 11 is 0. The maximum atomic E-state index is 4.39. The molecule has 0 aliphatic rings. The van der Waals surface area contributed by atoms with Gasteiger partial charge in [0.2, 0.25) is 0 Å². The molecule has 0 saturated heterocycles. The highest BCUT2D eigenvalue weighted by molar-refractivity contribution is 5.14. The van der Waals surface area contributed by atoms with Crippen LogP contribution in [0.1, 0.15) is 77.6 Å². The zero-order valence-corrected chi connectivity index (χ0v) is 12.7. The minimum atomic E-state index is 0.514. The topological polar surface area (TPSA) is 30.7 Å². The lowest BCUT2D eigenvalue weighted by atomic mass is 10.0. The van der Waals surface area contributed by atoms with Gasteiger partial charge in [0.1, 0.15) is 0 Å². The van der Waals surface area contributed by atoms with Crippen LogP contribution in [-0.2, 0) is 13.0 Å². The molecule has 0 bridgehead atoms. The molecule has 0 amide bonds. The second-order valence-electron chi connectivity index (χ2n) is 5.96. The molecule has 0 N–H and O–H groups in total. The van der Waals surface area contributed by atoms with E-state index >= 15 is 0 Å². The van der Waals surface area contributed by atoms with Crippen molar-refractivity contribution in [3.8, 4) is 0 Å². The molecule has 0 fully saturated rings. The van der Waals surface area contributed by atoms with Crippen molar-refractivity contribution in [2.75, 3.05) is 0 Å². The first kappa shape index (κ1) is 15.2. The Morgan fingerprint density at radius 2 is 1.78 bits per heavy atom. The Kier molecular flexibility index (Phi) is 6.37. The average Bonchev–Trinajstić information content (AvgIpc) is 2.66. The fraction of sp³-hybridized carbons (Fsp3) is 0.867. The molecule has 0 radical (unpaired) electrons. The lowest BCUT2D eigenvalue weighted by Crippen LogP contribution is -2.09. The van der Waals surface area contributed by atoms with Crippen molar-refractivity contribution in [1.29, 1.82) is 0 Å². The summed E-state index contributed by atoms with van der Waals surface area (Å²) in [4.78, 5) is 0. The zero-order chi connectivity index (χ0) is 13.5. The maximum absolute atomic E-state index is 4.39. The van der Waals surface area contributed by atoms with Gasteiger partial charge in [0.05, 0.1) is 11.4 Å². The van der Waals surface area contributed by atoms with E-state index in [0.717, 1.165) is 13.0 Å². The summed E-state index contributed by atoms with van der Waals surface area (Å²) in [6, 6.07) is 0. The van der Waals surface area contributed by atoms with Gasteiger partial charge in [-0.25, -0.2) is 4.68 Å². The third-order valence-electron chi connectivity index (χ3n) is 3.22. The van der Waals surface area contributed by atoms with Crippen molar-refractivity contribution in [2.24, 2.45) is 5.92 Å². The Morgan fingerprint density at radius 3 is 2.33 bits per heavy atom. The van der Waals surface area contributed by atoms with E-state index < -0.39 is 0 Å². The van der Waals surface area contributed by atoms with Gasteiger partial charge in [0.25, 0.3) is 0 Å². The van der Waals surface area contributed by atoms with Gasteiger partial charge in [0, 0.05) is 6.54 Å². The van der Waals surface area contributed by atoms with E-state index in [1.165, 1.54) is 37.1 Å². The molecule has 1 rings (SSSR count). The molecule has 3 nitrogen and oxygen atoms in total. The molecule has 18 heavy (non-hydrogen) atoms. The lowest BCUT2D eigenvalue weighted by molar-refractivity contribution is 0.503. The molecule has 0 aromatic carbocycles. The van der Waals surface area contributed by atoms with Crippen LogP contribution in [0.2, 0.25) is 0 Å². The third-order valence-corrected chi connectivity index (χ3v) is 3.22. The SMILES string of the molecule is CCCCCCn1nnc(CC(C)C)c1C(C)C. The van der Waals surface area contributed by atoms with Crippen LogP contribution >= 0.6 is 0 Å². The van der Waals surface area contributed by atoms with Gasteiger partial charge in [-0.15, -0.1) is 5.10 Å². The molecule has 1 aromatic heterocycles. The number of unbranched alkanes of at least 4 members (excludes halogenated alkanes) is 3. The van der Waals surface area contributed by atoms with Crippen LogP contribution < -0.4 is 0 Å². The third kappa shape index (κ3) is 4.43. The van der Waals surface area contributed by atoms with Crippen molar-refractivity contribution < 1.29 is 0 Å². The molecule has 0 aliphatic carbocycles. The predicted molar refractivity (Wildman–Crippen MR) is 76.8 cm³/mol. The number of nitrogens with zero attached hydrogens (tertiary/aromatic N) is 3. The Labute approximate surface area is 112 Å². The number of rotatable bonds is 8. The maximum Gasteiger partial charge on any atom is 0.0864 e. The van der Waals surface area contributed by atoms with Crippen LogP contribution in [0.5, 0.6) is 0 Å². The van der Waals surface area contributed by atoms with Gasteiger partial charge >= 0.3 is 0 Å². The van der Waals surface area contributed by atoms with E-state index in [2.05, 4.69) is 49.6 Å². The molecule has 0 unspecified atom stereocenters. The van der Waals surface area contributed by atoms with Gasteiger partial charge in [0.15, 0.2) is 0 Å². The summed E-state index contributed by atoms with van der Waals surface area (Å²) in [5.74, 6) is 1.16. The fourth-order valence-corrected chi connectivity index (χ4v) is 2.37. The van der Waals surface area contributed by atoms with E-state index in [-0.39, 0.29) is 0 Å². The zero-order valence-electron chi connectivity index (χ0n) is 12.7. The molecule has 1 heterocycles. The number of aryl methyl sites for hydroxylation is 1. The second kappa shape index (κ2) is 7.55. The van der Waals surface area contributed by atoms with E-state index in [0.29, 0.717) is 11.8 Å². The predicted octanol–water partition coefficient (Wildman–Crippen LogP) is 4.18. The van der Waals surface area contributed by atoms with Crippen molar-refractivity contribution >= 4 is 0 Å². The standard InChI is InChI=1S/C15H29N3/c1-6-7-8-9-10-18-15(13(4)5)14(16-17-18)11-12(2)3/h12-13H,6-11H2,1-5H3. The Bertz CT molecular complexity index is 340. The van der Waals surface area contributed by atoms with Gasteiger partial charge in [-0.05, 0) is 24.7 Å². The summed E-state index contributed by atoms with van der Waals surface area (Å²) in [5, 5.41) is 8.74. The molecular formula is C15H29N3. The van der Waals surface area contributed by atoms with Crippen LogP contribution in [0, 0.1) is 5.92 Å². The fourth-order valence-electron chi connectivity index (χ4n) is 2.37. The molecule has 0 aliphatic heterocycles. The minimum absolute atomic E-state index is 0.514. The number of hydrogen-bond acceptors (Lipinski definition) is 2. The Morgan fingerprint density at radius 1 is 1.06 bits per heavy atom. The summed E-state index contributed by atoms with van der Waals surface area (Å²) in [7, 11) is 0. The summed E-state index contributed by atoms with van der Waals surface area (Å²) in [5.41, 5.74) is 2.55. The Hall–Kier alpha value is -0.860. The molecule has 3 heteroatoms. The van der Waals surface area contributed by atoms with Crippen molar-refractivity contribution in [3.63, 3.8) is 0 Å². The monoisotopic (exact) mass is 251 g/mol. The first-order chi connectivity index (χ1) is 8.56. The normalized spacial score (nSPS) is 11.7. The molecule has 0 saturated carbocycles. The van der Waals surface area contributed by atoms with E-state index in [9.17, 15) is 0 Å². The van der Waals surface area contributed by atoms with Crippen LogP contribution in [0.25, 0.3) is 0 Å². The number of aromatic nitrogens is 3. The van der Waals surface area contributed by atoms with Crippen molar-refractivity contribution in [2.45, 2.75) is 79.2 Å². The first-order valence-electron chi connectivity index (χ1n) is 7.48. The number of hydrogen-bond donors (Lipinski definition) is 0. The van der Waals surface area contributed by atoms with Crippen molar-refractivity contribution in [1.82, 2.24) is 15.0 Å². The highest BCUT2D eigenvalue weighted by atomic mass is 15.4. The Balaban J connectivity index is 2.69. The van der Waals surface area contributed by atoms with E-state index in [1.54, 1.807) is 0 Å². The van der Waals surface area contributed by atoms with Crippen molar-refractivity contribution in [3.05, 3.63) is 11.4 Å². The molecule has 1 aromatic rings. The van der Waals surface area contributed by atoms with Crippen LogP contribution in [0.4, 0.5) is 0 Å². The van der Waals surface area contributed by atoms with Gasteiger partial charge < -0.3 is 0 Å².